The Labute approximate surface area is 193 Å². The Hall–Kier alpha value is -1.65. The number of aliphatic hydroxyl groups is 1. The first-order valence-corrected chi connectivity index (χ1v) is 11.2. The second-order valence-corrected chi connectivity index (χ2v) is 8.99. The summed E-state index contributed by atoms with van der Waals surface area (Å²) in [6.45, 7) is 4.24. The van der Waals surface area contributed by atoms with Gasteiger partial charge in [-0.05, 0) is 37.5 Å². The van der Waals surface area contributed by atoms with Crippen molar-refractivity contribution in [2.45, 2.75) is 31.4 Å². The van der Waals surface area contributed by atoms with Crippen LogP contribution in [0.1, 0.15) is 29.6 Å². The number of amides is 1. The molecule has 10 heteroatoms. The predicted molar refractivity (Wildman–Crippen MR) is 125 cm³/mol. The molecule has 8 nitrogen and oxygen atoms in total. The van der Waals surface area contributed by atoms with E-state index < -0.39 is 0 Å². The summed E-state index contributed by atoms with van der Waals surface area (Å²) in [6, 6.07) is 2.97. The van der Waals surface area contributed by atoms with E-state index in [1.54, 1.807) is 13.2 Å². The number of carbonyl (C=O) groups is 1. The van der Waals surface area contributed by atoms with Crippen LogP contribution in [0, 0.1) is 5.92 Å². The number of nitrogens with zero attached hydrogens (tertiary/aromatic N) is 2. The third kappa shape index (κ3) is 5.98. The van der Waals surface area contributed by atoms with Crippen molar-refractivity contribution in [3.05, 3.63) is 22.7 Å². The van der Waals surface area contributed by atoms with Crippen molar-refractivity contribution in [2.75, 3.05) is 52.8 Å². The minimum Gasteiger partial charge on any atom is -0.502 e. The van der Waals surface area contributed by atoms with E-state index in [0.29, 0.717) is 22.0 Å². The van der Waals surface area contributed by atoms with Crippen LogP contribution in [-0.4, -0.2) is 85.1 Å². The van der Waals surface area contributed by atoms with Gasteiger partial charge < -0.3 is 25.6 Å². The molecule has 1 amide bonds. The molecule has 31 heavy (non-hydrogen) atoms. The number of piperidine rings is 2. The topological polar surface area (TPSA) is 100 Å². The number of nitrogen functional groups attached to an aromatic ring is 1. The summed E-state index contributed by atoms with van der Waals surface area (Å²) in [6.07, 6.45) is 2.42. The number of thiocarbonyl (C=S) groups is 1. The van der Waals surface area contributed by atoms with Crippen LogP contribution < -0.4 is 15.8 Å². The zero-order chi connectivity index (χ0) is 22.5. The maximum Gasteiger partial charge on any atom is 0.255 e. The van der Waals surface area contributed by atoms with Crippen molar-refractivity contribution < 1.29 is 19.4 Å². The molecule has 3 rings (SSSR count). The second-order valence-electron chi connectivity index (χ2n) is 8.17. The van der Waals surface area contributed by atoms with Gasteiger partial charge in [0.2, 0.25) is 0 Å². The lowest BCUT2D eigenvalue weighted by molar-refractivity contribution is -0.0146. The molecule has 2 fully saturated rings. The zero-order valence-corrected chi connectivity index (χ0v) is 19.5. The fraction of sp³-hybridized carbons (Fsp3) is 0.619. The van der Waals surface area contributed by atoms with E-state index >= 15 is 0 Å². The minimum absolute atomic E-state index is 0.118. The average molecular weight is 471 g/mol. The van der Waals surface area contributed by atoms with Gasteiger partial charge in [0.25, 0.3) is 5.91 Å². The highest BCUT2D eigenvalue weighted by molar-refractivity contribution is 7.80. The third-order valence-electron chi connectivity index (χ3n) is 6.16. The number of anilines is 1. The highest BCUT2D eigenvalue weighted by Gasteiger charge is 2.32. The highest BCUT2D eigenvalue weighted by atomic mass is 35.5. The van der Waals surface area contributed by atoms with E-state index in [1.807, 2.05) is 0 Å². The fourth-order valence-electron chi connectivity index (χ4n) is 4.28. The number of nitrogens with two attached hydrogens (primary N) is 1. The Morgan fingerprint density at radius 2 is 1.94 bits per heavy atom. The molecule has 0 radical (unpaired) electrons. The number of likely N-dealkylation sites (tertiary alicyclic amines) is 2. The lowest BCUT2D eigenvalue weighted by Crippen LogP contribution is -2.57. The summed E-state index contributed by atoms with van der Waals surface area (Å²) in [7, 11) is 3.16. The zero-order valence-electron chi connectivity index (χ0n) is 18.0. The molecule has 0 aromatic heterocycles. The normalized spacial score (nSPS) is 23.5. The summed E-state index contributed by atoms with van der Waals surface area (Å²) in [4.78, 5) is 17.6. The number of aliphatic hydroxyl groups excluding tert-OH is 1. The van der Waals surface area contributed by atoms with Crippen LogP contribution >= 0.6 is 23.8 Å². The molecule has 4 N–H and O–H groups in total. The number of methoxy groups -OCH3 is 2. The first kappa shape index (κ1) is 24.0. The lowest BCUT2D eigenvalue weighted by atomic mass is 9.97. The molecule has 0 bridgehead atoms. The number of hydrogen-bond acceptors (Lipinski definition) is 7. The van der Waals surface area contributed by atoms with E-state index in [1.165, 1.54) is 13.2 Å². The molecule has 2 atom stereocenters. The summed E-state index contributed by atoms with van der Waals surface area (Å²) >= 11 is 11.0. The SMILES string of the molecule is COc1cc(N)c(Cl)cc1C(=O)NC1CCN(CN2CCC(C(O)=S)CC2)CC1OC. The molecule has 2 saturated heterocycles. The molecule has 1 aromatic carbocycles. The number of hydrogen-bond donors (Lipinski definition) is 3. The Morgan fingerprint density at radius 1 is 1.26 bits per heavy atom. The van der Waals surface area contributed by atoms with Gasteiger partial charge in [0.05, 0.1) is 42.2 Å². The molecule has 0 saturated carbocycles. The molecule has 172 valence electrons. The monoisotopic (exact) mass is 470 g/mol. The minimum atomic E-state index is -0.263. The van der Waals surface area contributed by atoms with Gasteiger partial charge in [-0.15, -0.1) is 0 Å². The van der Waals surface area contributed by atoms with Crippen molar-refractivity contribution in [2.24, 2.45) is 5.92 Å². The van der Waals surface area contributed by atoms with Crippen LogP contribution in [0.3, 0.4) is 0 Å². The Balaban J connectivity index is 1.56. The van der Waals surface area contributed by atoms with Gasteiger partial charge in [-0.2, -0.15) is 0 Å². The molecule has 1 aromatic rings. The van der Waals surface area contributed by atoms with Crippen LogP contribution in [-0.2, 0) is 4.74 Å². The molecule has 2 aliphatic heterocycles. The largest absolute Gasteiger partial charge is 0.502 e. The van der Waals surface area contributed by atoms with Crippen LogP contribution in [0.25, 0.3) is 0 Å². The number of halogens is 1. The van der Waals surface area contributed by atoms with E-state index in [0.717, 1.165) is 52.1 Å². The Kier molecular flexibility index (Phi) is 8.35. The fourth-order valence-corrected chi connectivity index (χ4v) is 4.68. The van der Waals surface area contributed by atoms with Crippen molar-refractivity contribution >= 4 is 40.5 Å². The summed E-state index contributed by atoms with van der Waals surface area (Å²) in [5.41, 5.74) is 6.53. The predicted octanol–water partition coefficient (Wildman–Crippen LogP) is 2.30. The van der Waals surface area contributed by atoms with Gasteiger partial charge in [-0.25, -0.2) is 0 Å². The quantitative estimate of drug-likeness (QED) is 0.412. The summed E-state index contributed by atoms with van der Waals surface area (Å²) in [5, 5.41) is 13.0. The number of benzene rings is 1. The molecule has 2 heterocycles. The molecular formula is C21H31ClN4O4S. The van der Waals surface area contributed by atoms with Crippen molar-refractivity contribution in [3.8, 4) is 5.75 Å². The number of carbonyl (C=O) groups excluding carboxylic acids is 1. The molecule has 0 aliphatic carbocycles. The van der Waals surface area contributed by atoms with Gasteiger partial charge in [0.1, 0.15) is 5.75 Å². The third-order valence-corrected chi connectivity index (χ3v) is 6.82. The molecule has 2 aliphatic rings. The van der Waals surface area contributed by atoms with Crippen molar-refractivity contribution in [1.29, 1.82) is 0 Å². The van der Waals surface area contributed by atoms with E-state index in [2.05, 4.69) is 15.1 Å². The molecular weight excluding hydrogens is 440 g/mol. The number of rotatable bonds is 7. The lowest BCUT2D eigenvalue weighted by Gasteiger charge is -2.41. The molecule has 2 unspecified atom stereocenters. The van der Waals surface area contributed by atoms with Gasteiger partial charge >= 0.3 is 0 Å². The van der Waals surface area contributed by atoms with Crippen LogP contribution in [0.5, 0.6) is 5.75 Å². The van der Waals surface area contributed by atoms with Crippen molar-refractivity contribution in [1.82, 2.24) is 15.1 Å². The number of nitrogens with one attached hydrogen (secondary N) is 1. The van der Waals surface area contributed by atoms with Gasteiger partial charge in [0, 0.05) is 45.3 Å². The standard InChI is InChI=1S/C21H31ClN4O4S/c1-29-18-10-16(23)15(22)9-14(18)20(27)24-17-5-8-26(11-19(17)30-2)12-25-6-3-13(4-7-25)21(28)31/h9-10,13,17,19H,3-8,11-12,23H2,1-2H3,(H,24,27)(H,28,31). The van der Waals surface area contributed by atoms with Gasteiger partial charge in [-0.3, -0.25) is 14.6 Å². The first-order chi connectivity index (χ1) is 14.8. The Morgan fingerprint density at radius 3 is 2.55 bits per heavy atom. The van der Waals surface area contributed by atoms with E-state index in [-0.39, 0.29) is 29.0 Å². The van der Waals surface area contributed by atoms with E-state index in [4.69, 9.17) is 39.0 Å². The Bertz CT molecular complexity index is 804. The maximum atomic E-state index is 12.9. The first-order valence-electron chi connectivity index (χ1n) is 10.5. The van der Waals surface area contributed by atoms with Gasteiger partial charge in [-0.1, -0.05) is 11.6 Å². The molecule has 0 spiro atoms. The smallest absolute Gasteiger partial charge is 0.255 e. The highest BCUT2D eigenvalue weighted by Crippen LogP contribution is 2.29. The second kappa shape index (κ2) is 10.8. The van der Waals surface area contributed by atoms with Crippen LogP contribution in [0.4, 0.5) is 5.69 Å². The van der Waals surface area contributed by atoms with Crippen LogP contribution in [0.15, 0.2) is 12.1 Å². The maximum absolute atomic E-state index is 12.9. The summed E-state index contributed by atoms with van der Waals surface area (Å²) in [5.74, 6) is 0.260. The van der Waals surface area contributed by atoms with Crippen molar-refractivity contribution in [3.63, 3.8) is 0 Å². The summed E-state index contributed by atoms with van der Waals surface area (Å²) < 4.78 is 11.0. The average Bonchev–Trinajstić information content (AvgIpc) is 2.76. The number of ether oxygens (including phenoxy) is 2. The van der Waals surface area contributed by atoms with Gasteiger partial charge in [0.15, 0.2) is 5.05 Å². The van der Waals surface area contributed by atoms with E-state index in [9.17, 15) is 9.90 Å². The van der Waals surface area contributed by atoms with Crippen LogP contribution in [0.2, 0.25) is 5.02 Å².